The molecule has 1 aliphatic rings. The molecule has 23 heteroatoms. The number of aliphatic hydroxyl groups is 2. The van der Waals surface area contributed by atoms with Gasteiger partial charge in [-0.1, -0.05) is 0 Å². The summed E-state index contributed by atoms with van der Waals surface area (Å²) in [5, 5.41) is 20.4. The monoisotopic (exact) mass is 566 g/mol. The first-order valence-electron chi connectivity index (χ1n) is 7.88. The van der Waals surface area contributed by atoms with Crippen molar-refractivity contribution < 1.29 is 120 Å². The number of nitrogen functional groups attached to an aromatic ring is 1. The minimum atomic E-state index is -6.01. The number of imidazole rings is 1. The van der Waals surface area contributed by atoms with Crippen molar-refractivity contribution in [1.82, 2.24) is 19.5 Å². The van der Waals surface area contributed by atoms with Crippen molar-refractivity contribution in [2.45, 2.75) is 24.5 Å². The summed E-state index contributed by atoms with van der Waals surface area (Å²) < 4.78 is 51.0. The molecule has 0 radical (unpaired) electrons. The van der Waals surface area contributed by atoms with Gasteiger partial charge in [0, 0.05) is 0 Å². The van der Waals surface area contributed by atoms with Crippen LogP contribution in [0.4, 0.5) is 5.82 Å². The molecule has 0 bridgehead atoms. The van der Waals surface area contributed by atoms with Crippen LogP contribution in [0.1, 0.15) is 6.23 Å². The third-order valence-corrected chi connectivity index (χ3v) is 7.53. The zero-order valence-corrected chi connectivity index (χ0v) is 23.5. The Balaban J connectivity index is 0.00000272. The molecule has 3 rings (SSSR count). The maximum atomic E-state index is 11.7. The molecule has 0 saturated carbocycles. The molecule has 174 valence electrons. The number of aromatic nitrogens is 4. The second kappa shape index (κ2) is 11.8. The second-order valence-corrected chi connectivity index (χ2v) is 10.3. The van der Waals surface area contributed by atoms with Gasteiger partial charge in [-0.2, -0.15) is 0 Å². The third kappa shape index (κ3) is 8.06. The summed E-state index contributed by atoms with van der Waals surface area (Å²) in [6.45, 7) is -1.000. The smallest absolute Gasteiger partial charge is 0.756 e. The molecule has 3 heterocycles. The molecule has 0 aliphatic carbocycles. The molecule has 2 aromatic heterocycles. The van der Waals surface area contributed by atoms with Gasteiger partial charge in [0.1, 0.15) is 30.2 Å². The summed E-state index contributed by atoms with van der Waals surface area (Å²) in [4.78, 5) is 51.0. The normalized spacial score (nSPS) is 28.2. The van der Waals surface area contributed by atoms with Gasteiger partial charge in [0.25, 0.3) is 15.6 Å². The maximum absolute atomic E-state index is 11.7. The number of nitrogens with zero attached hydrogens (tertiary/aromatic N) is 4. The summed E-state index contributed by atoms with van der Waals surface area (Å²) in [5.74, 6) is 0.0322. The fourth-order valence-electron chi connectivity index (χ4n) is 2.61. The SMILES string of the molecule is [15NH2][13c]1[15n][13cH][15n][13c]2[13c]1[15n][13cH][15n]2[13C@@H]1O[13C@H]([13CH2]OP(=O)(O)OP(=O)([O-])OP(=O)([O-])O)[13C@@H](O)[13C@H]1O.[Na+].[Na+]. The fraction of sp³-hybridized carbons (Fsp3) is 0.500. The Morgan fingerprint density at radius 3 is 2.33 bits per heavy atom. The number of hydrogen-bond acceptors (Lipinski definition) is 15. The molecule has 0 spiro atoms. The first kappa shape index (κ1) is 31.7. The minimum absolute atomic E-state index is 0. The van der Waals surface area contributed by atoms with Crippen molar-refractivity contribution in [3.8, 4) is 0 Å². The molecule has 1 aliphatic heterocycles. The summed E-state index contributed by atoms with van der Waals surface area (Å²) >= 11 is 0. The molecular weight excluding hydrogens is 552 g/mol. The number of nitrogens with two attached hydrogens (primary N) is 1. The molecule has 2 aromatic rings. The molecule has 1 fully saturated rings. The number of rotatable bonds is 8. The second-order valence-electron chi connectivity index (χ2n) is 5.97. The van der Waals surface area contributed by atoms with E-state index in [1.54, 1.807) is 0 Å². The zero-order valence-electron chi connectivity index (χ0n) is 16.8. The van der Waals surface area contributed by atoms with Crippen molar-refractivity contribution >= 4 is 40.4 Å². The van der Waals surface area contributed by atoms with Gasteiger partial charge in [-0.3, -0.25) is 18.2 Å². The predicted molar refractivity (Wildman–Crippen MR) is 91.0 cm³/mol. The quantitative estimate of drug-likeness (QED) is 0.0858. The summed E-state index contributed by atoms with van der Waals surface area (Å²) in [5.41, 5.74) is 5.97. The van der Waals surface area contributed by atoms with Crippen molar-refractivity contribution in [2.24, 2.45) is 0 Å². The van der Waals surface area contributed by atoms with Crippen LogP contribution < -0.4 is 74.6 Å². The number of phosphoric ester groups is 1. The number of ether oxygens (including phenoxy) is 1. The first-order chi connectivity index (χ1) is 14.2. The molecule has 0 amide bonds. The Hall–Kier alpha value is 0.640. The number of phosphoric acid groups is 3. The number of fused-ring (bicyclic) bond motifs is 1. The van der Waals surface area contributed by atoms with Gasteiger partial charge < -0.3 is 40.3 Å². The molecule has 1 saturated heterocycles. The first-order valence-corrected chi connectivity index (χ1v) is 12.3. The molecule has 33 heavy (non-hydrogen) atoms. The summed E-state index contributed by atoms with van der Waals surface area (Å²) in [6.07, 6.45) is -3.81. The largest absolute Gasteiger partial charge is 1.00 e. The minimum Gasteiger partial charge on any atom is -0.756 e. The summed E-state index contributed by atoms with van der Waals surface area (Å²) in [7, 11) is -17.4. The van der Waals surface area contributed by atoms with Gasteiger partial charge in [0.05, 0.1) is 12.9 Å². The van der Waals surface area contributed by atoms with Crippen LogP contribution in [0.5, 0.6) is 0 Å². The third-order valence-electron chi connectivity index (χ3n) is 3.81. The van der Waals surface area contributed by atoms with Gasteiger partial charge >= 0.3 is 66.9 Å². The van der Waals surface area contributed by atoms with Crippen LogP contribution in [0.2, 0.25) is 0 Å². The van der Waals surface area contributed by atoms with E-state index in [4.69, 9.17) is 15.4 Å². The average molecular weight is 566 g/mol. The van der Waals surface area contributed by atoms with Gasteiger partial charge in [0.15, 0.2) is 17.7 Å². The van der Waals surface area contributed by atoms with E-state index in [-0.39, 0.29) is 76.1 Å². The molecular formula is C10H14N5Na2O13P3. The van der Waals surface area contributed by atoms with Gasteiger partial charge in [0.2, 0.25) is 0 Å². The standard InChI is InChI=1S/C10H16N5O13P3.2Na/c11-8-5-9(13-2-12-8)15(3-14-5)10-7(17)6(16)4(26-10)1-25-30(21,22)28-31(23,24)27-29(18,19)20;;/h2-4,6-7,10,16-17H,1H2,(H,21,22)(H,23,24)(H2,11,12,13)(H2,18,19,20);;/q;2*+1/p-2/t4-,6-,7-,10-;;/m1../s1/i1+1,2+1,3+1,4+1,5+1,6+1,7+1,8+1,9+1,10+1,11+1,12+1,13+1,14+1,15+1;;. The molecule has 0 aromatic carbocycles. The Bertz CT molecular complexity index is 1120. The van der Waals surface area contributed by atoms with Gasteiger partial charge in [-0.15, -0.1) is 0 Å². The Kier molecular flexibility index (Phi) is 11.3. The molecule has 18 nitrogen and oxygen atoms in total. The van der Waals surface area contributed by atoms with Crippen LogP contribution in [-0.2, 0) is 31.6 Å². The fourth-order valence-corrected chi connectivity index (χ4v) is 5.55. The van der Waals surface area contributed by atoms with E-state index >= 15 is 0 Å². The predicted octanol–water partition coefficient (Wildman–Crippen LogP) is -8.89. The van der Waals surface area contributed by atoms with Crippen LogP contribution in [0, 0.1) is 0 Å². The van der Waals surface area contributed by atoms with Crippen LogP contribution in [0.3, 0.4) is 0 Å². The number of aliphatic hydroxyl groups excluding tert-OH is 2. The Morgan fingerprint density at radius 2 is 1.73 bits per heavy atom. The van der Waals surface area contributed by atoms with Crippen LogP contribution in [0.15, 0.2) is 12.7 Å². The summed E-state index contributed by atoms with van der Waals surface area (Å²) in [6, 6.07) is 0. The molecule has 3 unspecified atom stereocenters. The van der Waals surface area contributed by atoms with E-state index in [1.807, 2.05) is 0 Å². The molecule has 6 N–H and O–H groups in total. The van der Waals surface area contributed by atoms with E-state index < -0.39 is 54.6 Å². The van der Waals surface area contributed by atoms with Crippen LogP contribution >= 0.6 is 23.5 Å². The van der Waals surface area contributed by atoms with Crippen LogP contribution in [-0.4, -0.2) is 64.4 Å². The van der Waals surface area contributed by atoms with E-state index in [2.05, 4.69) is 28.1 Å². The van der Waals surface area contributed by atoms with Crippen molar-refractivity contribution in [1.29, 1.82) is 0 Å². The van der Waals surface area contributed by atoms with Gasteiger partial charge in [-0.05, 0) is 0 Å². The molecule has 7 atom stereocenters. The van der Waals surface area contributed by atoms with Crippen LogP contribution in [0.25, 0.3) is 11.2 Å². The van der Waals surface area contributed by atoms with Crippen molar-refractivity contribution in [3.63, 3.8) is 0 Å². The van der Waals surface area contributed by atoms with E-state index in [1.165, 1.54) is 10.9 Å². The van der Waals surface area contributed by atoms with Crippen molar-refractivity contribution in [3.05, 3.63) is 12.7 Å². The van der Waals surface area contributed by atoms with E-state index in [0.29, 0.717) is 0 Å². The number of hydrogen-bond donors (Lipinski definition) is 5. The number of anilines is 1. The Morgan fingerprint density at radius 1 is 1.09 bits per heavy atom. The van der Waals surface area contributed by atoms with Crippen molar-refractivity contribution in [2.75, 3.05) is 12.3 Å². The maximum Gasteiger partial charge on any atom is 1.00 e. The van der Waals surface area contributed by atoms with Gasteiger partial charge in [-0.25, -0.2) is 28.1 Å². The zero-order chi connectivity index (χ0) is 23.2. The topological polar surface area (TPSA) is 285 Å². The van der Waals surface area contributed by atoms with E-state index in [9.17, 15) is 38.6 Å². The van der Waals surface area contributed by atoms with E-state index in [0.717, 1.165) is 6.33 Å². The average Bonchev–Trinajstić information content (AvgIpc) is 3.13. The Labute approximate surface area is 228 Å².